The highest BCUT2D eigenvalue weighted by Crippen LogP contribution is 2.38. The third kappa shape index (κ3) is 4.16. The van der Waals surface area contributed by atoms with Crippen LogP contribution in [-0.2, 0) is 4.74 Å². The molecule has 36 heavy (non-hydrogen) atoms. The molecule has 0 amide bonds. The monoisotopic (exact) mass is 504 g/mol. The average molecular weight is 505 g/mol. The van der Waals surface area contributed by atoms with E-state index in [1.54, 1.807) is 6.07 Å². The predicted octanol–water partition coefficient (Wildman–Crippen LogP) is 2.75. The van der Waals surface area contributed by atoms with Crippen molar-refractivity contribution < 1.29 is 4.74 Å². The van der Waals surface area contributed by atoms with E-state index in [0.29, 0.717) is 45.5 Å². The van der Waals surface area contributed by atoms with Crippen LogP contribution < -0.4 is 15.5 Å². The van der Waals surface area contributed by atoms with E-state index in [4.69, 9.17) is 16.3 Å². The molecule has 3 aliphatic rings. The van der Waals surface area contributed by atoms with Gasteiger partial charge in [0.2, 0.25) is 11.9 Å². The summed E-state index contributed by atoms with van der Waals surface area (Å²) in [4.78, 5) is 13.8. The van der Waals surface area contributed by atoms with Crippen molar-refractivity contribution in [1.82, 2.24) is 24.5 Å². The molecular weight excluding hydrogens is 480 g/mol. The minimum Gasteiger partial charge on any atom is -0.378 e. The molecule has 3 fully saturated rings. The number of anilines is 4. The van der Waals surface area contributed by atoms with Crippen molar-refractivity contribution in [2.24, 2.45) is 0 Å². The summed E-state index contributed by atoms with van der Waals surface area (Å²) in [5, 5.41) is 30.6. The number of hydrogen-bond acceptors (Lipinski definition) is 10. The molecule has 1 saturated carbocycles. The quantitative estimate of drug-likeness (QED) is 0.516. The number of benzene rings is 1. The largest absolute Gasteiger partial charge is 0.378 e. The number of hydrogen-bond donors (Lipinski definition) is 2. The van der Waals surface area contributed by atoms with E-state index >= 15 is 0 Å². The molecule has 0 unspecified atom stereocenters. The molecule has 12 heteroatoms. The number of nitriles is 2. The van der Waals surface area contributed by atoms with Crippen molar-refractivity contribution in [2.75, 3.05) is 48.4 Å². The Balaban J connectivity index is 1.33. The molecule has 3 aromatic rings. The molecule has 0 radical (unpaired) electrons. The maximum Gasteiger partial charge on any atom is 0.232 e. The number of nitrogens with zero attached hydrogens (tertiary/aromatic N) is 8. The smallest absolute Gasteiger partial charge is 0.232 e. The number of ether oxygens (including phenoxy) is 1. The van der Waals surface area contributed by atoms with Crippen LogP contribution in [0.25, 0.3) is 5.65 Å². The third-order valence-corrected chi connectivity index (χ3v) is 7.33. The highest BCUT2D eigenvalue weighted by atomic mass is 35.5. The van der Waals surface area contributed by atoms with E-state index in [9.17, 15) is 10.5 Å². The average Bonchev–Trinajstić information content (AvgIpc) is 3.55. The van der Waals surface area contributed by atoms with Gasteiger partial charge in [-0.2, -0.15) is 30.1 Å². The van der Waals surface area contributed by atoms with E-state index in [0.717, 1.165) is 51.4 Å². The first kappa shape index (κ1) is 22.8. The molecule has 0 spiro atoms. The second-order valence-electron chi connectivity index (χ2n) is 9.52. The van der Waals surface area contributed by atoms with Crippen LogP contribution in [0.15, 0.2) is 18.3 Å². The lowest BCUT2D eigenvalue weighted by Crippen LogP contribution is -2.59. The Hall–Kier alpha value is -3.64. The molecule has 1 atom stereocenters. The first-order valence-electron chi connectivity index (χ1n) is 12.1. The van der Waals surface area contributed by atoms with Gasteiger partial charge in [-0.3, -0.25) is 4.90 Å². The second-order valence-corrected chi connectivity index (χ2v) is 9.90. The van der Waals surface area contributed by atoms with Gasteiger partial charge in [-0.05, 0) is 31.9 Å². The zero-order chi connectivity index (χ0) is 24.8. The first-order valence-corrected chi connectivity index (χ1v) is 12.4. The van der Waals surface area contributed by atoms with Crippen molar-refractivity contribution in [1.29, 1.82) is 10.5 Å². The molecule has 2 saturated heterocycles. The number of halogens is 1. The Kier molecular flexibility index (Phi) is 5.76. The van der Waals surface area contributed by atoms with Crippen LogP contribution >= 0.6 is 11.6 Å². The lowest BCUT2D eigenvalue weighted by atomic mass is 10.1. The maximum atomic E-state index is 9.74. The van der Waals surface area contributed by atoms with Gasteiger partial charge in [0.1, 0.15) is 11.6 Å². The number of fused-ring (bicyclic) bond motifs is 1. The standard InChI is InChI=1S/C24H25ClN10O/c1-14-11-33(18-12-36-13-18)4-5-34(14)20-7-15(8-26)6-19(21(20)25)30-23-31-22-16(9-27)10-28-35(22)24(32-23)29-17-2-3-17/h6-7,10,14,17-18H,2-5,11-13H2,1H3,(H2,29,30,31,32)/t14-/m0/s1. The normalized spacial score (nSPS) is 20.6. The fourth-order valence-corrected chi connectivity index (χ4v) is 4.98. The summed E-state index contributed by atoms with van der Waals surface area (Å²) < 4.78 is 6.90. The molecule has 4 heterocycles. The molecule has 1 aromatic carbocycles. The Morgan fingerprint density at radius 3 is 2.64 bits per heavy atom. The molecule has 2 N–H and O–H groups in total. The molecular formula is C24H25ClN10O. The summed E-state index contributed by atoms with van der Waals surface area (Å²) in [6, 6.07) is 8.93. The lowest BCUT2D eigenvalue weighted by molar-refractivity contribution is -0.0691. The van der Waals surface area contributed by atoms with E-state index < -0.39 is 0 Å². The van der Waals surface area contributed by atoms with Gasteiger partial charge in [-0.25, -0.2) is 0 Å². The summed E-state index contributed by atoms with van der Waals surface area (Å²) in [6.07, 6.45) is 3.59. The van der Waals surface area contributed by atoms with Gasteiger partial charge in [0, 0.05) is 31.7 Å². The minimum absolute atomic E-state index is 0.213. The fraction of sp³-hybridized carbons (Fsp3) is 0.458. The molecule has 0 bridgehead atoms. The van der Waals surface area contributed by atoms with Crippen molar-refractivity contribution in [2.45, 2.75) is 37.9 Å². The van der Waals surface area contributed by atoms with Crippen LogP contribution in [0.4, 0.5) is 23.3 Å². The minimum atomic E-state index is 0.213. The zero-order valence-corrected chi connectivity index (χ0v) is 20.5. The number of piperazine rings is 1. The predicted molar refractivity (Wildman–Crippen MR) is 135 cm³/mol. The topological polar surface area (TPSA) is 130 Å². The lowest BCUT2D eigenvalue weighted by Gasteiger charge is -2.46. The maximum absolute atomic E-state index is 9.74. The van der Waals surface area contributed by atoms with Gasteiger partial charge in [0.05, 0.1) is 53.5 Å². The Labute approximate surface area is 213 Å². The van der Waals surface area contributed by atoms with E-state index in [1.165, 1.54) is 10.7 Å². The van der Waals surface area contributed by atoms with Crippen LogP contribution in [0.5, 0.6) is 0 Å². The van der Waals surface area contributed by atoms with Crippen LogP contribution in [0.3, 0.4) is 0 Å². The third-order valence-electron chi connectivity index (χ3n) is 6.93. The Bertz CT molecular complexity index is 1400. The van der Waals surface area contributed by atoms with Crippen LogP contribution in [0, 0.1) is 22.7 Å². The van der Waals surface area contributed by atoms with Gasteiger partial charge in [-0.15, -0.1) is 0 Å². The highest BCUT2D eigenvalue weighted by molar-refractivity contribution is 6.36. The van der Waals surface area contributed by atoms with Crippen molar-refractivity contribution in [3.8, 4) is 12.1 Å². The Morgan fingerprint density at radius 2 is 1.97 bits per heavy atom. The summed E-state index contributed by atoms with van der Waals surface area (Å²) in [5.41, 5.74) is 2.57. The molecule has 2 aliphatic heterocycles. The van der Waals surface area contributed by atoms with Crippen molar-refractivity contribution >= 4 is 40.5 Å². The highest BCUT2D eigenvalue weighted by Gasteiger charge is 2.33. The molecule has 2 aromatic heterocycles. The van der Waals surface area contributed by atoms with Gasteiger partial charge in [-0.1, -0.05) is 11.6 Å². The Morgan fingerprint density at radius 1 is 1.14 bits per heavy atom. The summed E-state index contributed by atoms with van der Waals surface area (Å²) in [7, 11) is 0. The summed E-state index contributed by atoms with van der Waals surface area (Å²) in [6.45, 7) is 6.35. The van der Waals surface area contributed by atoms with E-state index in [1.807, 2.05) is 6.07 Å². The fourth-order valence-electron chi connectivity index (χ4n) is 4.72. The molecule has 1 aliphatic carbocycles. The van der Waals surface area contributed by atoms with Crippen LogP contribution in [0.2, 0.25) is 5.02 Å². The molecule has 184 valence electrons. The van der Waals surface area contributed by atoms with Gasteiger partial charge in [0.15, 0.2) is 5.65 Å². The number of nitrogens with one attached hydrogen (secondary N) is 2. The number of rotatable bonds is 6. The SMILES string of the molecule is C[C@H]1CN(C2COC2)CCN1c1cc(C#N)cc(Nc2nc(NC3CC3)n3ncc(C#N)c3n2)c1Cl. The number of aromatic nitrogens is 4. The van der Waals surface area contributed by atoms with E-state index in [2.05, 4.69) is 54.6 Å². The van der Waals surface area contributed by atoms with Gasteiger partial charge < -0.3 is 20.3 Å². The summed E-state index contributed by atoms with van der Waals surface area (Å²) in [5.74, 6) is 0.775. The van der Waals surface area contributed by atoms with Crippen molar-refractivity contribution in [3.05, 3.63) is 34.5 Å². The van der Waals surface area contributed by atoms with E-state index in [-0.39, 0.29) is 12.0 Å². The zero-order valence-electron chi connectivity index (χ0n) is 19.8. The van der Waals surface area contributed by atoms with Gasteiger partial charge in [0.25, 0.3) is 0 Å². The summed E-state index contributed by atoms with van der Waals surface area (Å²) >= 11 is 6.93. The van der Waals surface area contributed by atoms with Crippen LogP contribution in [0.1, 0.15) is 30.9 Å². The molecule has 11 nitrogen and oxygen atoms in total. The molecule has 6 rings (SSSR count). The second kappa shape index (κ2) is 9.10. The van der Waals surface area contributed by atoms with Crippen LogP contribution in [-0.4, -0.2) is 75.5 Å². The van der Waals surface area contributed by atoms with Gasteiger partial charge >= 0.3 is 0 Å². The first-order chi connectivity index (χ1) is 17.5. The van der Waals surface area contributed by atoms with Crippen molar-refractivity contribution in [3.63, 3.8) is 0 Å².